The molecule has 236 valence electrons. The number of rotatable bonds is 5. The third-order valence-corrected chi connectivity index (χ3v) is 10.3. The average Bonchev–Trinajstić information content (AvgIpc) is 3.17. The van der Waals surface area contributed by atoms with Gasteiger partial charge in [0, 0.05) is 0 Å². The first-order chi connectivity index (χ1) is 24.6. The van der Waals surface area contributed by atoms with Crippen molar-refractivity contribution in [2.24, 2.45) is 0 Å². The van der Waals surface area contributed by atoms with Gasteiger partial charge in [0.05, 0.1) is 0 Å². The van der Waals surface area contributed by atoms with Crippen molar-refractivity contribution in [1.82, 2.24) is 0 Å². The molecule has 0 spiro atoms. The van der Waals surface area contributed by atoms with E-state index in [1.807, 2.05) is 0 Å². The molecule has 0 atom stereocenters. The molecule has 0 nitrogen and oxygen atoms in total. The zero-order valence-electron chi connectivity index (χ0n) is 28.3. The molecule has 0 amide bonds. The summed E-state index contributed by atoms with van der Waals surface area (Å²) in [6, 6.07) is 66.8. The van der Waals surface area contributed by atoms with Crippen LogP contribution in [0.25, 0.3) is 88.0 Å². The monoisotopic (exact) mass is 636 g/mol. The van der Waals surface area contributed by atoms with Crippen LogP contribution < -0.4 is 0 Å². The maximum Gasteiger partial charge on any atom is -0.00262 e. The third-order valence-electron chi connectivity index (χ3n) is 10.3. The SMILES string of the molecule is Cc1ccc(-c2c3ccccc3c(-c3ccc4cc(-c5ccccc5)ccc4c3)c3ccccc23)cc1-c1c(C)cccc1-c1ccccc1. The summed E-state index contributed by atoms with van der Waals surface area (Å²) in [5, 5.41) is 7.56. The van der Waals surface area contributed by atoms with Gasteiger partial charge in [0.15, 0.2) is 0 Å². The van der Waals surface area contributed by atoms with Gasteiger partial charge < -0.3 is 0 Å². The Labute approximate surface area is 293 Å². The second-order valence-electron chi connectivity index (χ2n) is 13.4. The molecule has 0 bridgehead atoms. The lowest BCUT2D eigenvalue weighted by Gasteiger charge is -2.20. The molecule has 9 rings (SSSR count). The number of hydrogen-bond acceptors (Lipinski definition) is 0. The van der Waals surface area contributed by atoms with Crippen molar-refractivity contribution in [3.05, 3.63) is 193 Å². The predicted molar refractivity (Wildman–Crippen MR) is 216 cm³/mol. The fourth-order valence-corrected chi connectivity index (χ4v) is 7.89. The van der Waals surface area contributed by atoms with Crippen LogP contribution in [0.5, 0.6) is 0 Å². The van der Waals surface area contributed by atoms with E-state index in [0.29, 0.717) is 0 Å². The predicted octanol–water partition coefficient (Wildman–Crippen LogP) is 14.1. The van der Waals surface area contributed by atoms with Gasteiger partial charge in [-0.25, -0.2) is 0 Å². The lowest BCUT2D eigenvalue weighted by molar-refractivity contribution is 1.41. The first-order valence-corrected chi connectivity index (χ1v) is 17.4. The van der Waals surface area contributed by atoms with Crippen LogP contribution in [0.2, 0.25) is 0 Å². The molecule has 0 heteroatoms. The van der Waals surface area contributed by atoms with Crippen LogP contribution in [0.4, 0.5) is 0 Å². The molecule has 0 aromatic heterocycles. The lowest BCUT2D eigenvalue weighted by Crippen LogP contribution is -1.94. The number of benzene rings is 9. The summed E-state index contributed by atoms with van der Waals surface area (Å²) in [7, 11) is 0. The normalized spacial score (nSPS) is 11.4. The molecule has 0 radical (unpaired) electrons. The Morgan fingerprint density at radius 1 is 0.260 bits per heavy atom. The van der Waals surface area contributed by atoms with Gasteiger partial charge in [0.1, 0.15) is 0 Å². The minimum Gasteiger partial charge on any atom is -0.0622 e. The molecular formula is C50H36. The first-order valence-electron chi connectivity index (χ1n) is 17.4. The molecule has 50 heavy (non-hydrogen) atoms. The Balaban J connectivity index is 1.25. The van der Waals surface area contributed by atoms with Gasteiger partial charge in [-0.1, -0.05) is 164 Å². The Hall–Kier alpha value is -6.24. The fourth-order valence-electron chi connectivity index (χ4n) is 7.89. The molecule has 0 saturated heterocycles. The third kappa shape index (κ3) is 5.09. The Kier molecular flexibility index (Phi) is 7.37. The molecule has 0 N–H and O–H groups in total. The quantitative estimate of drug-likeness (QED) is 0.165. The van der Waals surface area contributed by atoms with E-state index in [1.54, 1.807) is 0 Å². The second-order valence-corrected chi connectivity index (χ2v) is 13.4. The zero-order chi connectivity index (χ0) is 33.6. The van der Waals surface area contributed by atoms with Gasteiger partial charge in [0.2, 0.25) is 0 Å². The highest BCUT2D eigenvalue weighted by atomic mass is 14.2. The Morgan fingerprint density at radius 3 is 1.34 bits per heavy atom. The van der Waals surface area contributed by atoms with Crippen LogP contribution in [-0.2, 0) is 0 Å². The summed E-state index contributed by atoms with van der Waals surface area (Å²) >= 11 is 0. The van der Waals surface area contributed by atoms with Crippen molar-refractivity contribution in [2.45, 2.75) is 13.8 Å². The average molecular weight is 637 g/mol. The molecule has 9 aromatic carbocycles. The van der Waals surface area contributed by atoms with Crippen LogP contribution in [0, 0.1) is 13.8 Å². The highest BCUT2D eigenvalue weighted by molar-refractivity contribution is 6.22. The van der Waals surface area contributed by atoms with E-state index in [2.05, 4.69) is 196 Å². The van der Waals surface area contributed by atoms with Gasteiger partial charge >= 0.3 is 0 Å². The van der Waals surface area contributed by atoms with E-state index in [0.717, 1.165) is 0 Å². The fraction of sp³-hybridized carbons (Fsp3) is 0.0400. The molecule has 0 unspecified atom stereocenters. The lowest BCUT2D eigenvalue weighted by atomic mass is 9.83. The van der Waals surface area contributed by atoms with E-state index < -0.39 is 0 Å². The van der Waals surface area contributed by atoms with Crippen molar-refractivity contribution in [3.8, 4) is 55.6 Å². The van der Waals surface area contributed by atoms with Crippen LogP contribution in [0.15, 0.2) is 182 Å². The van der Waals surface area contributed by atoms with E-state index in [4.69, 9.17) is 0 Å². The molecule has 9 aromatic rings. The van der Waals surface area contributed by atoms with Gasteiger partial charge in [-0.05, 0) is 131 Å². The summed E-state index contributed by atoms with van der Waals surface area (Å²) in [5.74, 6) is 0. The highest BCUT2D eigenvalue weighted by Gasteiger charge is 2.19. The smallest absolute Gasteiger partial charge is 0.00262 e. The van der Waals surface area contributed by atoms with Crippen LogP contribution in [-0.4, -0.2) is 0 Å². The summed E-state index contributed by atoms with van der Waals surface area (Å²) in [5.41, 5.74) is 15.2. The van der Waals surface area contributed by atoms with E-state index in [1.165, 1.54) is 99.1 Å². The molecule has 0 aliphatic rings. The number of hydrogen-bond donors (Lipinski definition) is 0. The van der Waals surface area contributed by atoms with Crippen LogP contribution >= 0.6 is 0 Å². The molecule has 0 aliphatic carbocycles. The van der Waals surface area contributed by atoms with E-state index in [-0.39, 0.29) is 0 Å². The number of fused-ring (bicyclic) bond motifs is 3. The summed E-state index contributed by atoms with van der Waals surface area (Å²) in [6.07, 6.45) is 0. The topological polar surface area (TPSA) is 0 Å². The van der Waals surface area contributed by atoms with Crippen molar-refractivity contribution in [2.75, 3.05) is 0 Å². The second kappa shape index (κ2) is 12.3. The van der Waals surface area contributed by atoms with Crippen LogP contribution in [0.1, 0.15) is 11.1 Å². The largest absolute Gasteiger partial charge is 0.0622 e. The van der Waals surface area contributed by atoms with Crippen molar-refractivity contribution < 1.29 is 0 Å². The van der Waals surface area contributed by atoms with Gasteiger partial charge in [0.25, 0.3) is 0 Å². The molecule has 0 heterocycles. The summed E-state index contributed by atoms with van der Waals surface area (Å²) in [6.45, 7) is 4.47. The van der Waals surface area contributed by atoms with Crippen LogP contribution in [0.3, 0.4) is 0 Å². The minimum absolute atomic E-state index is 1.23. The van der Waals surface area contributed by atoms with E-state index >= 15 is 0 Å². The van der Waals surface area contributed by atoms with E-state index in [9.17, 15) is 0 Å². The van der Waals surface area contributed by atoms with Gasteiger partial charge in [-0.15, -0.1) is 0 Å². The first kappa shape index (κ1) is 29.9. The standard InChI is InChI=1S/C50H36/c1-33-24-25-41(32-47(33)48-34(2)14-13-23-42(48)36-17-7-4-8-18-36)50-45-21-11-9-19-43(45)49(44-20-10-12-22-46(44)50)40-29-28-38-30-37(26-27-39(38)31-40)35-15-5-3-6-16-35/h3-32H,1-2H3. The van der Waals surface area contributed by atoms with Crippen molar-refractivity contribution in [1.29, 1.82) is 0 Å². The summed E-state index contributed by atoms with van der Waals surface area (Å²) in [4.78, 5) is 0. The minimum atomic E-state index is 1.23. The Bertz CT molecular complexity index is 2640. The zero-order valence-corrected chi connectivity index (χ0v) is 28.3. The maximum atomic E-state index is 2.43. The van der Waals surface area contributed by atoms with Crippen molar-refractivity contribution in [3.63, 3.8) is 0 Å². The summed E-state index contributed by atoms with van der Waals surface area (Å²) < 4.78 is 0. The van der Waals surface area contributed by atoms with Gasteiger partial charge in [-0.2, -0.15) is 0 Å². The molecule has 0 aliphatic heterocycles. The highest BCUT2D eigenvalue weighted by Crippen LogP contribution is 2.46. The molecular weight excluding hydrogens is 601 g/mol. The van der Waals surface area contributed by atoms with Gasteiger partial charge in [-0.3, -0.25) is 0 Å². The molecule has 0 saturated carbocycles. The maximum absolute atomic E-state index is 2.43. The number of aryl methyl sites for hydroxylation is 2. The van der Waals surface area contributed by atoms with Crippen molar-refractivity contribution >= 4 is 32.3 Å². The Morgan fingerprint density at radius 2 is 0.740 bits per heavy atom. The molecule has 0 fully saturated rings.